The van der Waals surface area contributed by atoms with Crippen molar-refractivity contribution >= 4 is 28.4 Å². The number of benzene rings is 2. The molecule has 0 saturated carbocycles. The topological polar surface area (TPSA) is 125 Å². The minimum absolute atomic E-state index is 0.0592. The number of methoxy groups -OCH3 is 1. The predicted molar refractivity (Wildman–Crippen MR) is 166 cm³/mol. The number of amides is 1. The minimum Gasteiger partial charge on any atom is -0.446 e. The number of nitro benzene ring substituents is 1. The number of carbonyl (C=O) groups is 2. The Morgan fingerprint density at radius 1 is 1.04 bits per heavy atom. The van der Waals surface area contributed by atoms with E-state index >= 15 is 4.39 Å². The molecular formula is C32H40F4N2O8S. The van der Waals surface area contributed by atoms with Gasteiger partial charge in [-0.1, -0.05) is 45.0 Å². The molecule has 0 aromatic heterocycles. The first-order chi connectivity index (χ1) is 21.5. The quantitative estimate of drug-likeness (QED) is 0.124. The van der Waals surface area contributed by atoms with Crippen molar-refractivity contribution in [1.82, 2.24) is 4.90 Å². The van der Waals surface area contributed by atoms with Gasteiger partial charge < -0.3 is 14.2 Å². The fourth-order valence-electron chi connectivity index (χ4n) is 4.97. The van der Waals surface area contributed by atoms with Crippen molar-refractivity contribution in [2.75, 3.05) is 18.6 Å². The van der Waals surface area contributed by atoms with E-state index in [4.69, 9.17) is 9.47 Å². The number of halogens is 4. The number of nitro groups is 1. The van der Waals surface area contributed by atoms with Crippen molar-refractivity contribution in [1.29, 1.82) is 0 Å². The minimum atomic E-state index is -5.16. The summed E-state index contributed by atoms with van der Waals surface area (Å²) in [5.74, 6) is -7.95. The second kappa shape index (κ2) is 13.9. The lowest BCUT2D eigenvalue weighted by Crippen LogP contribution is -2.54. The average Bonchev–Trinajstić information content (AvgIpc) is 2.91. The van der Waals surface area contributed by atoms with Gasteiger partial charge in [-0.05, 0) is 61.4 Å². The second-order valence-electron chi connectivity index (χ2n) is 13.6. The van der Waals surface area contributed by atoms with Crippen LogP contribution in [0.4, 0.5) is 28.0 Å². The van der Waals surface area contributed by atoms with Crippen LogP contribution in [0.15, 0.2) is 36.4 Å². The number of hydrogen-bond donors (Lipinski definition) is 0. The van der Waals surface area contributed by atoms with Gasteiger partial charge in [0.1, 0.15) is 11.6 Å². The standard InChI is InChI=1S/C32H40F4N2O8S/c1-29(2,3)22-11-9-10-19(13-22)16-37(28(40)46-30(4,5)6)24-18-47(43)17-21(27(24)39)12-20-14-23(33)26(38(41)42)25(15-20)45-31(7,44-8)32(34,35)36/h9-11,13-15,21,24H,12,16-18H2,1-8H3/t21-,24+,31-,47-/m1/s1. The Hall–Kier alpha value is -3.59. The zero-order valence-electron chi connectivity index (χ0n) is 27.5. The van der Waals surface area contributed by atoms with Crippen LogP contribution in [0, 0.1) is 21.8 Å². The van der Waals surface area contributed by atoms with Gasteiger partial charge in [0.15, 0.2) is 5.78 Å². The van der Waals surface area contributed by atoms with Gasteiger partial charge in [0, 0.05) is 43.0 Å². The summed E-state index contributed by atoms with van der Waals surface area (Å²) < 4.78 is 84.1. The predicted octanol–water partition coefficient (Wildman–Crippen LogP) is 6.63. The van der Waals surface area contributed by atoms with Crippen LogP contribution in [0.25, 0.3) is 0 Å². The molecule has 3 rings (SSSR count). The lowest BCUT2D eigenvalue weighted by Gasteiger charge is -2.37. The molecule has 2 aromatic carbocycles. The zero-order valence-corrected chi connectivity index (χ0v) is 28.3. The molecule has 260 valence electrons. The normalized spacial score (nSPS) is 20.3. The molecule has 0 aliphatic carbocycles. The molecular weight excluding hydrogens is 648 g/mol. The van der Waals surface area contributed by atoms with E-state index in [1.54, 1.807) is 26.8 Å². The number of hydrogen-bond acceptors (Lipinski definition) is 8. The van der Waals surface area contributed by atoms with Crippen molar-refractivity contribution in [2.24, 2.45) is 5.92 Å². The SMILES string of the molecule is CO[C@](C)(Oc1cc(C[C@@H]2C[S@@](=O)C[C@H](N(Cc3cccc(C(C)(C)C)c3)C(=O)OC(C)(C)C)C2=O)cc(F)c1[N+](=O)[O-])C(F)(F)F. The first-order valence-electron chi connectivity index (χ1n) is 14.7. The summed E-state index contributed by atoms with van der Waals surface area (Å²) >= 11 is 0. The summed E-state index contributed by atoms with van der Waals surface area (Å²) in [6.45, 7) is 11.4. The van der Waals surface area contributed by atoms with Gasteiger partial charge in [0.25, 0.3) is 0 Å². The van der Waals surface area contributed by atoms with Gasteiger partial charge in [0.2, 0.25) is 11.6 Å². The van der Waals surface area contributed by atoms with Crippen molar-refractivity contribution in [2.45, 2.75) is 90.5 Å². The van der Waals surface area contributed by atoms with Gasteiger partial charge in [-0.3, -0.25) is 24.0 Å². The van der Waals surface area contributed by atoms with Crippen molar-refractivity contribution < 1.29 is 50.5 Å². The molecule has 0 bridgehead atoms. The van der Waals surface area contributed by atoms with Gasteiger partial charge in [-0.2, -0.15) is 17.6 Å². The van der Waals surface area contributed by atoms with E-state index in [-0.39, 0.29) is 35.4 Å². The molecule has 10 nitrogen and oxygen atoms in total. The van der Waals surface area contributed by atoms with Crippen LogP contribution in [-0.2, 0) is 43.4 Å². The maximum absolute atomic E-state index is 15.0. The van der Waals surface area contributed by atoms with Gasteiger partial charge >= 0.3 is 23.7 Å². The second-order valence-corrected chi connectivity index (χ2v) is 15.1. The number of carbonyl (C=O) groups excluding carboxylic acids is 2. The van der Waals surface area contributed by atoms with Gasteiger partial charge in [-0.25, -0.2) is 4.79 Å². The molecule has 2 aromatic rings. The van der Waals surface area contributed by atoms with E-state index < -0.39 is 74.4 Å². The van der Waals surface area contributed by atoms with E-state index in [0.717, 1.165) is 11.6 Å². The van der Waals surface area contributed by atoms with Crippen LogP contribution >= 0.6 is 0 Å². The molecule has 0 spiro atoms. The van der Waals surface area contributed by atoms with Gasteiger partial charge in [-0.15, -0.1) is 0 Å². The third-order valence-corrected chi connectivity index (χ3v) is 9.04. The number of ketones is 1. The molecule has 47 heavy (non-hydrogen) atoms. The molecule has 0 N–H and O–H groups in total. The van der Waals surface area contributed by atoms with Crippen molar-refractivity contribution in [3.63, 3.8) is 0 Å². The van der Waals surface area contributed by atoms with Crippen LogP contribution < -0.4 is 4.74 Å². The largest absolute Gasteiger partial charge is 0.455 e. The van der Waals surface area contributed by atoms with Crippen LogP contribution in [-0.4, -0.2) is 68.1 Å². The molecule has 0 radical (unpaired) electrons. The Morgan fingerprint density at radius 2 is 1.68 bits per heavy atom. The number of nitrogens with zero attached hydrogens (tertiary/aromatic N) is 2. The van der Waals surface area contributed by atoms with E-state index in [0.29, 0.717) is 25.7 Å². The zero-order chi connectivity index (χ0) is 35.7. The third-order valence-electron chi connectivity index (χ3n) is 7.57. The molecule has 1 saturated heterocycles. The molecule has 1 aliphatic rings. The first-order valence-corrected chi connectivity index (χ1v) is 16.2. The Morgan fingerprint density at radius 3 is 2.21 bits per heavy atom. The molecule has 1 fully saturated rings. The van der Waals surface area contributed by atoms with Crippen molar-refractivity contribution in [3.05, 3.63) is 69.0 Å². The first kappa shape index (κ1) is 37.9. The number of Topliss-reactive ketones (excluding diaryl/α,β-unsaturated/α-hetero) is 1. The number of ether oxygens (including phenoxy) is 3. The summed E-state index contributed by atoms with van der Waals surface area (Å²) in [5.41, 5.74) is -0.965. The maximum atomic E-state index is 15.0. The summed E-state index contributed by atoms with van der Waals surface area (Å²) in [5, 5.41) is 11.6. The van der Waals surface area contributed by atoms with E-state index in [9.17, 15) is 37.1 Å². The lowest BCUT2D eigenvalue weighted by molar-refractivity contribution is -0.392. The van der Waals surface area contributed by atoms with Crippen LogP contribution in [0.2, 0.25) is 0 Å². The van der Waals surface area contributed by atoms with Crippen LogP contribution in [0.3, 0.4) is 0 Å². The van der Waals surface area contributed by atoms with E-state index in [1.165, 1.54) is 4.90 Å². The third kappa shape index (κ3) is 9.28. The maximum Gasteiger partial charge on any atom is 0.455 e. The van der Waals surface area contributed by atoms with Crippen LogP contribution in [0.1, 0.15) is 65.2 Å². The van der Waals surface area contributed by atoms with E-state index in [1.807, 2.05) is 39.0 Å². The highest BCUT2D eigenvalue weighted by atomic mass is 32.2. The Balaban J connectivity index is 2.02. The molecule has 1 aliphatic heterocycles. The van der Waals surface area contributed by atoms with Crippen LogP contribution in [0.5, 0.6) is 5.75 Å². The monoisotopic (exact) mass is 688 g/mol. The summed E-state index contributed by atoms with van der Waals surface area (Å²) in [6.07, 6.45) is -6.34. The molecule has 0 unspecified atom stereocenters. The molecule has 15 heteroatoms. The number of alkyl halides is 3. The summed E-state index contributed by atoms with van der Waals surface area (Å²) in [4.78, 5) is 39.0. The Kier molecular flexibility index (Phi) is 11.2. The Bertz CT molecular complexity index is 1540. The number of rotatable bonds is 9. The highest BCUT2D eigenvalue weighted by molar-refractivity contribution is 7.85. The van der Waals surface area contributed by atoms with Gasteiger partial charge in [0.05, 0.1) is 10.7 Å². The highest BCUT2D eigenvalue weighted by Gasteiger charge is 2.56. The smallest absolute Gasteiger partial charge is 0.446 e. The summed E-state index contributed by atoms with van der Waals surface area (Å²) in [6, 6.07) is 7.76. The fraction of sp³-hybridized carbons (Fsp3) is 0.562. The van der Waals surface area contributed by atoms with E-state index in [2.05, 4.69) is 4.74 Å². The fourth-order valence-corrected chi connectivity index (χ4v) is 6.54. The Labute approximate surface area is 273 Å². The molecule has 1 amide bonds. The highest BCUT2D eigenvalue weighted by Crippen LogP contribution is 2.40. The molecule has 1 heterocycles. The average molecular weight is 689 g/mol. The molecule has 4 atom stereocenters. The van der Waals surface area contributed by atoms with Crippen molar-refractivity contribution in [3.8, 4) is 5.75 Å². The lowest BCUT2D eigenvalue weighted by atomic mass is 9.86. The summed E-state index contributed by atoms with van der Waals surface area (Å²) in [7, 11) is -0.983.